The van der Waals surface area contributed by atoms with Crippen molar-refractivity contribution in [3.8, 4) is 0 Å². The van der Waals surface area contributed by atoms with Crippen LogP contribution in [0, 0.1) is 11.8 Å². The van der Waals surface area contributed by atoms with Crippen LogP contribution in [0.1, 0.15) is 36.0 Å². The first-order valence-electron chi connectivity index (χ1n) is 9.73. The van der Waals surface area contributed by atoms with Gasteiger partial charge in [0, 0.05) is 30.9 Å². The molecule has 3 aliphatic heterocycles. The summed E-state index contributed by atoms with van der Waals surface area (Å²) < 4.78 is 5.42. The molecule has 0 aliphatic carbocycles. The lowest BCUT2D eigenvalue weighted by molar-refractivity contribution is -0.124. The fraction of sp³-hybridized carbons (Fsp3) is 0.600. The molecule has 0 spiro atoms. The van der Waals surface area contributed by atoms with E-state index in [2.05, 4.69) is 10.6 Å². The highest BCUT2D eigenvalue weighted by Crippen LogP contribution is 2.28. The van der Waals surface area contributed by atoms with Gasteiger partial charge in [-0.2, -0.15) is 0 Å². The minimum atomic E-state index is -0.368. The number of carbonyl (C=O) groups excluding carboxylic acids is 2. The second-order valence-corrected chi connectivity index (χ2v) is 7.62. The summed E-state index contributed by atoms with van der Waals surface area (Å²) in [5.41, 5.74) is 1.30. The van der Waals surface area contributed by atoms with Gasteiger partial charge in [0.2, 0.25) is 0 Å². The maximum absolute atomic E-state index is 12.9. The molecule has 0 bridgehead atoms. The van der Waals surface area contributed by atoms with E-state index >= 15 is 0 Å². The first kappa shape index (κ1) is 20.1. The van der Waals surface area contributed by atoms with Crippen molar-refractivity contribution in [2.24, 2.45) is 11.8 Å². The maximum Gasteiger partial charge on any atom is 0.253 e. The van der Waals surface area contributed by atoms with Gasteiger partial charge in [0.05, 0.1) is 0 Å². The molecule has 27 heavy (non-hydrogen) atoms. The number of anilines is 1. The van der Waals surface area contributed by atoms with Crippen LogP contribution in [0.25, 0.3) is 0 Å². The SMILES string of the molecule is Cl.O=C(Nc1cccc(C(=O)N2CC[C@@H]3CNC[C@@H]3CC2)c1)C1CCCO1. The molecule has 148 valence electrons. The summed E-state index contributed by atoms with van der Waals surface area (Å²) in [4.78, 5) is 27.1. The fourth-order valence-corrected chi connectivity index (χ4v) is 4.34. The molecule has 1 aromatic carbocycles. The zero-order chi connectivity index (χ0) is 17.9. The fourth-order valence-electron chi connectivity index (χ4n) is 4.34. The van der Waals surface area contributed by atoms with Crippen LogP contribution in [0.3, 0.4) is 0 Å². The monoisotopic (exact) mass is 393 g/mol. The van der Waals surface area contributed by atoms with E-state index in [1.807, 2.05) is 23.1 Å². The molecule has 3 aliphatic rings. The molecule has 1 aromatic rings. The molecule has 0 aromatic heterocycles. The number of nitrogens with zero attached hydrogens (tertiary/aromatic N) is 1. The zero-order valence-corrected chi connectivity index (χ0v) is 16.3. The number of halogens is 1. The molecule has 4 rings (SSSR count). The largest absolute Gasteiger partial charge is 0.368 e. The summed E-state index contributed by atoms with van der Waals surface area (Å²) >= 11 is 0. The normalized spacial score (nSPS) is 27.4. The highest BCUT2D eigenvalue weighted by molar-refractivity contribution is 5.98. The highest BCUT2D eigenvalue weighted by atomic mass is 35.5. The minimum absolute atomic E-state index is 0. The second-order valence-electron chi connectivity index (χ2n) is 7.62. The van der Waals surface area contributed by atoms with Crippen LogP contribution in [0.15, 0.2) is 24.3 Å². The molecule has 3 atom stereocenters. The topological polar surface area (TPSA) is 70.7 Å². The van der Waals surface area contributed by atoms with E-state index in [-0.39, 0.29) is 30.3 Å². The number of rotatable bonds is 3. The van der Waals surface area contributed by atoms with Gasteiger partial charge in [-0.15, -0.1) is 12.4 Å². The van der Waals surface area contributed by atoms with Crippen LogP contribution in [0.2, 0.25) is 0 Å². The van der Waals surface area contributed by atoms with Crippen LogP contribution >= 0.6 is 12.4 Å². The molecule has 0 saturated carbocycles. The Morgan fingerprint density at radius 3 is 2.52 bits per heavy atom. The first-order valence-corrected chi connectivity index (χ1v) is 9.73. The zero-order valence-electron chi connectivity index (χ0n) is 15.5. The molecule has 2 N–H and O–H groups in total. The summed E-state index contributed by atoms with van der Waals surface area (Å²) in [5.74, 6) is 1.34. The summed E-state index contributed by atoms with van der Waals surface area (Å²) in [7, 11) is 0. The lowest BCUT2D eigenvalue weighted by Gasteiger charge is -2.21. The van der Waals surface area contributed by atoms with Crippen molar-refractivity contribution >= 4 is 29.9 Å². The van der Waals surface area contributed by atoms with Gasteiger partial charge in [0.1, 0.15) is 6.10 Å². The number of likely N-dealkylation sites (tertiary alicyclic amines) is 1. The van der Waals surface area contributed by atoms with Crippen molar-refractivity contribution in [1.29, 1.82) is 0 Å². The third-order valence-corrected chi connectivity index (χ3v) is 5.91. The van der Waals surface area contributed by atoms with E-state index in [4.69, 9.17) is 4.74 Å². The van der Waals surface area contributed by atoms with Crippen LogP contribution < -0.4 is 10.6 Å². The predicted octanol–water partition coefficient (Wildman–Crippen LogP) is 2.30. The Morgan fingerprint density at radius 2 is 1.85 bits per heavy atom. The Hall–Kier alpha value is -1.63. The number of amides is 2. The molecular weight excluding hydrogens is 366 g/mol. The van der Waals surface area contributed by atoms with Crippen molar-refractivity contribution in [3.05, 3.63) is 29.8 Å². The van der Waals surface area contributed by atoms with Gasteiger partial charge in [0.25, 0.3) is 11.8 Å². The minimum Gasteiger partial charge on any atom is -0.368 e. The number of carbonyl (C=O) groups is 2. The van der Waals surface area contributed by atoms with Gasteiger partial charge in [0.15, 0.2) is 0 Å². The molecule has 3 saturated heterocycles. The van der Waals surface area contributed by atoms with Gasteiger partial charge < -0.3 is 20.3 Å². The Balaban J connectivity index is 0.00000210. The lowest BCUT2D eigenvalue weighted by atomic mass is 9.92. The predicted molar refractivity (Wildman–Crippen MR) is 106 cm³/mol. The molecule has 6 nitrogen and oxygen atoms in total. The van der Waals surface area contributed by atoms with Crippen LogP contribution in [-0.4, -0.2) is 55.6 Å². The molecular formula is C20H28ClN3O3. The molecule has 7 heteroatoms. The van der Waals surface area contributed by atoms with E-state index in [0.717, 1.165) is 51.9 Å². The van der Waals surface area contributed by atoms with Crippen LogP contribution in [-0.2, 0) is 9.53 Å². The second kappa shape index (κ2) is 9.04. The van der Waals surface area contributed by atoms with Gasteiger partial charge in [-0.3, -0.25) is 9.59 Å². The molecule has 0 radical (unpaired) electrons. The van der Waals surface area contributed by atoms with Gasteiger partial charge >= 0.3 is 0 Å². The number of hydrogen-bond acceptors (Lipinski definition) is 4. The van der Waals surface area contributed by atoms with Gasteiger partial charge in [-0.25, -0.2) is 0 Å². The summed E-state index contributed by atoms with van der Waals surface area (Å²) in [6.07, 6.45) is 3.45. The Kier molecular flexibility index (Phi) is 6.73. The van der Waals surface area contributed by atoms with E-state index in [9.17, 15) is 9.59 Å². The standard InChI is InChI=1S/C20H27N3O3.ClH/c24-19(18-5-2-10-26-18)22-17-4-1-3-14(11-17)20(25)23-8-6-15-12-21-13-16(15)7-9-23;/h1,3-4,11,15-16,18,21H,2,5-10,12-13H2,(H,22,24);1H/t15-,16+,18?;. The third kappa shape index (κ3) is 4.62. The number of nitrogens with one attached hydrogen (secondary N) is 2. The van der Waals surface area contributed by atoms with Gasteiger partial charge in [-0.1, -0.05) is 6.07 Å². The van der Waals surface area contributed by atoms with Crippen molar-refractivity contribution in [2.45, 2.75) is 31.8 Å². The van der Waals surface area contributed by atoms with E-state index in [1.54, 1.807) is 6.07 Å². The Bertz CT molecular complexity index is 664. The number of fused-ring (bicyclic) bond motifs is 1. The Labute approximate surface area is 166 Å². The highest BCUT2D eigenvalue weighted by Gasteiger charge is 2.31. The number of ether oxygens (including phenoxy) is 1. The lowest BCUT2D eigenvalue weighted by Crippen LogP contribution is -2.33. The van der Waals surface area contributed by atoms with Crippen LogP contribution in [0.4, 0.5) is 5.69 Å². The van der Waals surface area contributed by atoms with Crippen LogP contribution in [0.5, 0.6) is 0 Å². The molecule has 2 amide bonds. The third-order valence-electron chi connectivity index (χ3n) is 5.91. The van der Waals surface area contributed by atoms with E-state index < -0.39 is 0 Å². The summed E-state index contributed by atoms with van der Waals surface area (Å²) in [5, 5.41) is 6.35. The van der Waals surface area contributed by atoms with Gasteiger partial charge in [-0.05, 0) is 68.8 Å². The average molecular weight is 394 g/mol. The average Bonchev–Trinajstić information content (AvgIpc) is 3.31. The maximum atomic E-state index is 12.9. The van der Waals surface area contributed by atoms with Crippen molar-refractivity contribution in [3.63, 3.8) is 0 Å². The number of benzene rings is 1. The summed E-state index contributed by atoms with van der Waals surface area (Å²) in [6, 6.07) is 7.26. The molecule has 3 fully saturated rings. The Morgan fingerprint density at radius 1 is 1.11 bits per heavy atom. The molecule has 3 heterocycles. The molecule has 1 unspecified atom stereocenters. The first-order chi connectivity index (χ1) is 12.7. The van der Waals surface area contributed by atoms with Crippen molar-refractivity contribution in [2.75, 3.05) is 38.1 Å². The summed E-state index contributed by atoms with van der Waals surface area (Å²) in [6.45, 7) is 4.43. The van der Waals surface area contributed by atoms with Crippen molar-refractivity contribution in [1.82, 2.24) is 10.2 Å². The van der Waals surface area contributed by atoms with E-state index in [0.29, 0.717) is 29.7 Å². The quantitative estimate of drug-likeness (QED) is 0.826. The van der Waals surface area contributed by atoms with E-state index in [1.165, 1.54) is 0 Å². The van der Waals surface area contributed by atoms with Crippen molar-refractivity contribution < 1.29 is 14.3 Å². The number of hydrogen-bond donors (Lipinski definition) is 2. The smallest absolute Gasteiger partial charge is 0.253 e.